The van der Waals surface area contributed by atoms with Crippen molar-refractivity contribution in [2.24, 2.45) is 0 Å². The molecule has 3 aromatic rings. The van der Waals surface area contributed by atoms with E-state index < -0.39 is 10.0 Å². The molecule has 152 valence electrons. The van der Waals surface area contributed by atoms with Crippen LogP contribution in [0.4, 0.5) is 17.1 Å². The number of hydrogen-bond acceptors (Lipinski definition) is 4. The van der Waals surface area contributed by atoms with E-state index in [9.17, 15) is 13.5 Å². The molecule has 0 bridgehead atoms. The molecule has 0 aliphatic rings. The number of nitrogens with zero attached hydrogens (tertiary/aromatic N) is 2. The number of phenols is 1. The number of hydrogen-bond donors (Lipinski definition) is 1. The monoisotopic (exact) mass is 410 g/mol. The number of anilines is 3. The average Bonchev–Trinajstić information content (AvgIpc) is 2.72. The first-order chi connectivity index (χ1) is 13.9. The Kier molecular flexibility index (Phi) is 6.13. The van der Waals surface area contributed by atoms with Gasteiger partial charge in [0.1, 0.15) is 5.75 Å². The lowest BCUT2D eigenvalue weighted by molar-refractivity contribution is 0.475. The van der Waals surface area contributed by atoms with Gasteiger partial charge in [-0.15, -0.1) is 0 Å². The topological polar surface area (TPSA) is 60.9 Å². The SMILES string of the molecule is CCN(CC)c1ccc(N(c2ccc(O)cc2)S(=O)(=O)c2ccc(C)cc2)cc1. The molecule has 3 rings (SSSR count). The number of rotatable bonds is 7. The molecule has 0 aliphatic heterocycles. The molecule has 0 aliphatic carbocycles. The Labute approximate surface area is 172 Å². The fraction of sp³-hybridized carbons (Fsp3) is 0.217. The van der Waals surface area contributed by atoms with E-state index in [1.807, 2.05) is 31.2 Å². The van der Waals surface area contributed by atoms with Gasteiger partial charge in [-0.25, -0.2) is 12.7 Å². The van der Waals surface area contributed by atoms with Gasteiger partial charge >= 0.3 is 0 Å². The van der Waals surface area contributed by atoms with Gasteiger partial charge in [0.25, 0.3) is 10.0 Å². The molecule has 0 atom stereocenters. The van der Waals surface area contributed by atoms with E-state index in [4.69, 9.17) is 0 Å². The van der Waals surface area contributed by atoms with Crippen LogP contribution in [0.3, 0.4) is 0 Å². The van der Waals surface area contributed by atoms with Gasteiger partial charge in [-0.1, -0.05) is 17.7 Å². The normalized spacial score (nSPS) is 11.3. The van der Waals surface area contributed by atoms with Gasteiger partial charge in [0, 0.05) is 18.8 Å². The zero-order valence-electron chi connectivity index (χ0n) is 16.9. The Balaban J connectivity index is 2.11. The molecule has 1 N–H and O–H groups in total. The molecule has 0 fully saturated rings. The second-order valence-corrected chi connectivity index (χ2v) is 8.57. The summed E-state index contributed by atoms with van der Waals surface area (Å²) in [5, 5.41) is 9.64. The summed E-state index contributed by atoms with van der Waals surface area (Å²) in [6, 6.07) is 20.4. The summed E-state index contributed by atoms with van der Waals surface area (Å²) in [5.74, 6) is 0.0818. The molecule has 5 nitrogen and oxygen atoms in total. The molecule has 0 unspecified atom stereocenters. The first kappa shape index (κ1) is 20.7. The first-order valence-electron chi connectivity index (χ1n) is 9.63. The Morgan fingerprint density at radius 2 is 1.17 bits per heavy atom. The number of benzene rings is 3. The first-order valence-corrected chi connectivity index (χ1v) is 11.1. The Hall–Kier alpha value is -2.99. The van der Waals surface area contributed by atoms with Crippen molar-refractivity contribution in [3.63, 3.8) is 0 Å². The molecule has 0 aromatic heterocycles. The third kappa shape index (κ3) is 4.38. The van der Waals surface area contributed by atoms with Crippen LogP contribution < -0.4 is 9.21 Å². The minimum Gasteiger partial charge on any atom is -0.508 e. The fourth-order valence-electron chi connectivity index (χ4n) is 3.22. The second-order valence-electron chi connectivity index (χ2n) is 6.79. The van der Waals surface area contributed by atoms with E-state index in [1.54, 1.807) is 36.4 Å². The minimum absolute atomic E-state index is 0.0818. The highest BCUT2D eigenvalue weighted by atomic mass is 32.2. The molecule has 0 saturated heterocycles. The van der Waals surface area contributed by atoms with E-state index in [2.05, 4.69) is 18.7 Å². The summed E-state index contributed by atoms with van der Waals surface area (Å²) in [4.78, 5) is 2.41. The predicted octanol–water partition coefficient (Wildman–Crippen LogP) is 5.07. The van der Waals surface area contributed by atoms with E-state index in [1.165, 1.54) is 16.4 Å². The number of phenolic OH excluding ortho intramolecular Hbond substituents is 1. The average molecular weight is 411 g/mol. The maximum absolute atomic E-state index is 13.5. The molecule has 0 radical (unpaired) electrons. The van der Waals surface area contributed by atoms with Crippen molar-refractivity contribution in [1.29, 1.82) is 0 Å². The van der Waals surface area contributed by atoms with Gasteiger partial charge < -0.3 is 10.0 Å². The van der Waals surface area contributed by atoms with E-state index >= 15 is 0 Å². The summed E-state index contributed by atoms with van der Waals surface area (Å²) in [6.07, 6.45) is 0. The van der Waals surface area contributed by atoms with Crippen LogP contribution in [0, 0.1) is 6.92 Å². The van der Waals surface area contributed by atoms with Gasteiger partial charge in [0.15, 0.2) is 0 Å². The van der Waals surface area contributed by atoms with E-state index in [0.717, 1.165) is 24.3 Å². The highest BCUT2D eigenvalue weighted by Gasteiger charge is 2.27. The summed E-state index contributed by atoms with van der Waals surface area (Å²) in [5.41, 5.74) is 3.02. The lowest BCUT2D eigenvalue weighted by Crippen LogP contribution is -2.26. The Morgan fingerprint density at radius 1 is 0.724 bits per heavy atom. The molecular weight excluding hydrogens is 384 g/mol. The zero-order chi connectivity index (χ0) is 21.0. The van der Waals surface area contributed by atoms with Crippen molar-refractivity contribution >= 4 is 27.1 Å². The second kappa shape index (κ2) is 8.57. The van der Waals surface area contributed by atoms with Gasteiger partial charge in [0.05, 0.1) is 16.3 Å². The van der Waals surface area contributed by atoms with Crippen molar-refractivity contribution in [3.8, 4) is 5.75 Å². The van der Waals surface area contributed by atoms with Crippen LogP contribution in [-0.2, 0) is 10.0 Å². The standard InChI is InChI=1S/C23H26N2O3S/c1-4-24(5-2)19-8-10-20(11-9-19)25(21-12-14-22(26)15-13-21)29(27,28)23-16-6-18(3)7-17-23/h6-17,26H,4-5H2,1-3H3. The molecule has 0 spiro atoms. The fourth-order valence-corrected chi connectivity index (χ4v) is 4.71. The smallest absolute Gasteiger partial charge is 0.268 e. The van der Waals surface area contributed by atoms with Gasteiger partial charge in [-0.05, 0) is 81.4 Å². The van der Waals surface area contributed by atoms with Crippen LogP contribution >= 0.6 is 0 Å². The van der Waals surface area contributed by atoms with Crippen molar-refractivity contribution in [1.82, 2.24) is 0 Å². The number of sulfonamides is 1. The Morgan fingerprint density at radius 3 is 1.66 bits per heavy atom. The molecule has 3 aromatic carbocycles. The maximum Gasteiger partial charge on any atom is 0.268 e. The van der Waals surface area contributed by atoms with Crippen LogP contribution in [0.25, 0.3) is 0 Å². The molecule has 6 heteroatoms. The molecule has 0 amide bonds. The van der Waals surface area contributed by atoms with Crippen LogP contribution in [0.5, 0.6) is 5.75 Å². The van der Waals surface area contributed by atoms with Crippen molar-refractivity contribution < 1.29 is 13.5 Å². The lowest BCUT2D eigenvalue weighted by atomic mass is 10.2. The van der Waals surface area contributed by atoms with Crippen LogP contribution in [0.1, 0.15) is 19.4 Å². The summed E-state index contributed by atoms with van der Waals surface area (Å²) >= 11 is 0. The van der Waals surface area contributed by atoms with Crippen molar-refractivity contribution in [2.45, 2.75) is 25.7 Å². The highest BCUT2D eigenvalue weighted by molar-refractivity contribution is 7.93. The predicted molar refractivity (Wildman–Crippen MR) is 119 cm³/mol. The van der Waals surface area contributed by atoms with E-state index in [-0.39, 0.29) is 10.6 Å². The summed E-state index contributed by atoms with van der Waals surface area (Å²) in [7, 11) is -3.84. The zero-order valence-corrected chi connectivity index (χ0v) is 17.7. The van der Waals surface area contributed by atoms with Crippen LogP contribution in [0.2, 0.25) is 0 Å². The maximum atomic E-state index is 13.5. The van der Waals surface area contributed by atoms with Crippen molar-refractivity contribution in [3.05, 3.63) is 78.4 Å². The van der Waals surface area contributed by atoms with Crippen LogP contribution in [-0.4, -0.2) is 26.6 Å². The number of aryl methyl sites for hydroxylation is 1. The molecular formula is C23H26N2O3S. The third-order valence-corrected chi connectivity index (χ3v) is 6.63. The number of aromatic hydroxyl groups is 1. The third-order valence-electron chi connectivity index (χ3n) is 4.86. The summed E-state index contributed by atoms with van der Waals surface area (Å²) < 4.78 is 28.3. The van der Waals surface area contributed by atoms with Crippen molar-refractivity contribution in [2.75, 3.05) is 22.3 Å². The largest absolute Gasteiger partial charge is 0.508 e. The van der Waals surface area contributed by atoms with Gasteiger partial charge in [-0.3, -0.25) is 0 Å². The molecule has 0 saturated carbocycles. The van der Waals surface area contributed by atoms with Gasteiger partial charge in [-0.2, -0.15) is 0 Å². The van der Waals surface area contributed by atoms with Gasteiger partial charge in [0.2, 0.25) is 0 Å². The Bertz CT molecular complexity index is 1040. The molecule has 29 heavy (non-hydrogen) atoms. The molecule has 0 heterocycles. The van der Waals surface area contributed by atoms with Crippen LogP contribution in [0.15, 0.2) is 77.7 Å². The highest BCUT2D eigenvalue weighted by Crippen LogP contribution is 2.34. The summed E-state index contributed by atoms with van der Waals surface area (Å²) in [6.45, 7) is 7.84. The van der Waals surface area contributed by atoms with E-state index in [0.29, 0.717) is 11.4 Å². The minimum atomic E-state index is -3.84. The quantitative estimate of drug-likeness (QED) is 0.590. The lowest BCUT2D eigenvalue weighted by Gasteiger charge is -2.26.